The van der Waals surface area contributed by atoms with Crippen molar-refractivity contribution >= 4 is 72.8 Å². The summed E-state index contributed by atoms with van der Waals surface area (Å²) < 4.78 is 23.6. The molecule has 0 saturated carbocycles. The number of unbranched alkanes of at least 4 members (excludes halogenated alkanes) is 14. The molecule has 0 aliphatic rings. The van der Waals surface area contributed by atoms with Crippen molar-refractivity contribution in [1.82, 2.24) is 0 Å². The largest absolute Gasteiger partial charge is 2.00 e. The van der Waals surface area contributed by atoms with Crippen LogP contribution in [0.4, 0.5) is 0 Å². The Hall–Kier alpha value is -2.19. The van der Waals surface area contributed by atoms with Crippen LogP contribution in [0.1, 0.15) is 219 Å². The maximum Gasteiger partial charge on any atom is 2.00 e. The Morgan fingerprint density at radius 1 is 0.415 bits per heavy atom. The molecule has 2 aromatic carbocycles. The third kappa shape index (κ3) is 40.6. The number of carboxylic acids is 2. The van der Waals surface area contributed by atoms with Crippen LogP contribution < -0.4 is 10.2 Å². The molecule has 65 heavy (non-hydrogen) atoms. The molecule has 4 unspecified atom stereocenters. The number of ether oxygens (including phenoxy) is 4. The van der Waals surface area contributed by atoms with E-state index in [4.69, 9.17) is 18.9 Å². The molecule has 0 fully saturated rings. The molecule has 11 heteroatoms. The monoisotopic (exact) mass is 1030 g/mol. The number of carboxylic acid groups (broad SMARTS) is 2. The van der Waals surface area contributed by atoms with E-state index in [-0.39, 0.29) is 98.1 Å². The van der Waals surface area contributed by atoms with Gasteiger partial charge in [0.15, 0.2) is 0 Å². The van der Waals surface area contributed by atoms with E-state index in [1.54, 1.807) is 0 Å². The topological polar surface area (TPSA) is 151 Å². The summed E-state index contributed by atoms with van der Waals surface area (Å²) in [6, 6.07) is 20.5. The first-order valence-corrected chi connectivity index (χ1v) is 25.1. The van der Waals surface area contributed by atoms with Gasteiger partial charge in [0.2, 0.25) is 0 Å². The molecular formula is C54H86BaO10. The first-order valence-electron chi connectivity index (χ1n) is 25.1. The average molecular weight is 1030 g/mol. The zero-order valence-corrected chi connectivity index (χ0v) is 45.5. The van der Waals surface area contributed by atoms with E-state index in [9.17, 15) is 29.4 Å². The van der Waals surface area contributed by atoms with Gasteiger partial charge in [0, 0.05) is 25.8 Å². The number of hydrogen-bond acceptors (Lipinski definition) is 10. The van der Waals surface area contributed by atoms with Crippen molar-refractivity contribution in [3.05, 3.63) is 71.8 Å². The molecule has 0 aliphatic heterocycles. The Morgan fingerprint density at radius 2 is 0.708 bits per heavy atom. The Bertz CT molecular complexity index is 1320. The second kappa shape index (κ2) is 44.3. The maximum atomic E-state index is 11.5. The van der Waals surface area contributed by atoms with E-state index in [2.05, 4.69) is 38.1 Å². The molecule has 2 rings (SSSR count). The van der Waals surface area contributed by atoms with Crippen LogP contribution in [-0.4, -0.2) is 97.2 Å². The zero-order valence-electron chi connectivity index (χ0n) is 41.1. The van der Waals surface area contributed by atoms with Gasteiger partial charge in [-0.3, -0.25) is 9.59 Å². The van der Waals surface area contributed by atoms with Gasteiger partial charge in [-0.15, -0.1) is 0 Å². The normalized spacial score (nSPS) is 12.7. The molecule has 0 amide bonds. The van der Waals surface area contributed by atoms with Gasteiger partial charge in [0.05, 0.1) is 25.4 Å². The minimum absolute atomic E-state index is 0. The Labute approximate surface area is 434 Å². The van der Waals surface area contributed by atoms with E-state index < -0.39 is 11.9 Å². The smallest absolute Gasteiger partial charge is 0.550 e. The van der Waals surface area contributed by atoms with Crippen LogP contribution in [0.3, 0.4) is 0 Å². The van der Waals surface area contributed by atoms with E-state index in [0.717, 1.165) is 154 Å². The van der Waals surface area contributed by atoms with Crippen molar-refractivity contribution in [2.75, 3.05) is 0 Å². The molecule has 0 heterocycles. The van der Waals surface area contributed by atoms with Gasteiger partial charge in [0.1, 0.15) is 12.2 Å². The van der Waals surface area contributed by atoms with Crippen LogP contribution in [0.5, 0.6) is 0 Å². The van der Waals surface area contributed by atoms with Crippen molar-refractivity contribution in [3.8, 4) is 0 Å². The second-order valence-corrected chi connectivity index (χ2v) is 17.5. The van der Waals surface area contributed by atoms with Gasteiger partial charge in [-0.25, -0.2) is 0 Å². The van der Waals surface area contributed by atoms with Crippen molar-refractivity contribution in [2.45, 2.75) is 245 Å². The number of hydrogen-bond donors (Lipinski definition) is 0. The van der Waals surface area contributed by atoms with Crippen LogP contribution >= 0.6 is 0 Å². The summed E-state index contributed by atoms with van der Waals surface area (Å²) in [4.78, 5) is 43.8. The molecule has 10 nitrogen and oxygen atoms in total. The van der Waals surface area contributed by atoms with Crippen LogP contribution in [-0.2, 0) is 51.3 Å². The Kier molecular flexibility index (Phi) is 42.8. The number of carbonyl (C=O) groups excluding carboxylic acids is 4. The molecule has 364 valence electrons. The summed E-state index contributed by atoms with van der Waals surface area (Å²) in [6.07, 6.45) is 27.0. The van der Waals surface area contributed by atoms with Crippen LogP contribution in [0, 0.1) is 0 Å². The van der Waals surface area contributed by atoms with Gasteiger partial charge in [-0.1, -0.05) is 177 Å². The molecule has 0 bridgehead atoms. The quantitative estimate of drug-likeness (QED) is 0.0358. The Morgan fingerprint density at radius 3 is 1.02 bits per heavy atom. The maximum absolute atomic E-state index is 11.5. The zero-order chi connectivity index (χ0) is 46.9. The van der Waals surface area contributed by atoms with Crippen LogP contribution in [0.25, 0.3) is 0 Å². The standard InChI is InChI=1S/2C27H44O5.Ba/c2*1-3-4-17-26(32-23(2)28)21-20-25(31-22-24-15-11-10-12-16-24)18-13-8-6-5-7-9-14-19-27(29)30;/h2*10-12,15-16,25-26H,3-9,13-14,17-22H2,1-2H3,(H,29,30);/q;;+2/p-2. The number of benzene rings is 2. The van der Waals surface area contributed by atoms with Crippen LogP contribution in [0.15, 0.2) is 60.7 Å². The number of carbonyl (C=O) groups is 4. The summed E-state index contributed by atoms with van der Waals surface area (Å²) in [5, 5.41) is 20.9. The van der Waals surface area contributed by atoms with Crippen molar-refractivity contribution < 1.29 is 48.3 Å². The minimum atomic E-state index is -0.947. The molecular weight excluding hydrogens is 946 g/mol. The van der Waals surface area contributed by atoms with Gasteiger partial charge in [0.25, 0.3) is 0 Å². The fourth-order valence-electron chi connectivity index (χ4n) is 7.85. The van der Waals surface area contributed by atoms with Crippen molar-refractivity contribution in [3.63, 3.8) is 0 Å². The molecule has 2 aromatic rings. The third-order valence-corrected chi connectivity index (χ3v) is 11.5. The van der Waals surface area contributed by atoms with E-state index >= 15 is 0 Å². The number of rotatable bonds is 40. The summed E-state index contributed by atoms with van der Waals surface area (Å²) >= 11 is 0. The van der Waals surface area contributed by atoms with E-state index in [0.29, 0.717) is 13.2 Å². The molecule has 0 saturated heterocycles. The number of esters is 2. The third-order valence-electron chi connectivity index (χ3n) is 11.5. The van der Waals surface area contributed by atoms with Gasteiger partial charge in [-0.05, 0) is 88.2 Å². The first-order chi connectivity index (χ1) is 31.0. The Balaban J connectivity index is 0.00000124. The number of aliphatic carboxylic acids is 2. The van der Waals surface area contributed by atoms with Crippen molar-refractivity contribution in [2.24, 2.45) is 0 Å². The first kappa shape index (κ1) is 62.8. The average Bonchev–Trinajstić information content (AvgIpc) is 3.27. The SMILES string of the molecule is CCCCC(CCC(CCCCCCCCCC(=O)[O-])OCc1ccccc1)OC(C)=O.CCCCC(CCC(CCCCCCCCCC(=O)[O-])OCc1ccccc1)OC(C)=O.[Ba+2]. The summed E-state index contributed by atoms with van der Waals surface area (Å²) in [7, 11) is 0. The fraction of sp³-hybridized carbons (Fsp3) is 0.704. The van der Waals surface area contributed by atoms with Gasteiger partial charge in [-0.2, -0.15) is 0 Å². The predicted molar refractivity (Wildman–Crippen MR) is 258 cm³/mol. The molecule has 4 atom stereocenters. The summed E-state index contributed by atoms with van der Waals surface area (Å²) in [6.45, 7) is 8.50. The second-order valence-electron chi connectivity index (χ2n) is 17.5. The van der Waals surface area contributed by atoms with Crippen LogP contribution in [0.2, 0.25) is 0 Å². The molecule has 0 N–H and O–H groups in total. The molecule has 0 aromatic heterocycles. The van der Waals surface area contributed by atoms with E-state index in [1.807, 2.05) is 36.4 Å². The van der Waals surface area contributed by atoms with Crippen molar-refractivity contribution in [1.29, 1.82) is 0 Å². The molecule has 0 radical (unpaired) electrons. The molecule has 0 aliphatic carbocycles. The van der Waals surface area contributed by atoms with Gasteiger partial charge >= 0.3 is 60.8 Å². The minimum Gasteiger partial charge on any atom is -0.550 e. The fourth-order valence-corrected chi connectivity index (χ4v) is 7.85. The summed E-state index contributed by atoms with van der Waals surface area (Å²) in [5.41, 5.74) is 2.35. The predicted octanol–water partition coefficient (Wildman–Crippen LogP) is 11.1. The molecule has 0 spiro atoms. The van der Waals surface area contributed by atoms with E-state index in [1.165, 1.54) is 37.8 Å². The van der Waals surface area contributed by atoms with Gasteiger partial charge < -0.3 is 38.7 Å². The summed E-state index contributed by atoms with van der Waals surface area (Å²) in [5.74, 6) is -2.30.